The lowest BCUT2D eigenvalue weighted by Crippen LogP contribution is -2.13. The third-order valence-electron chi connectivity index (χ3n) is 3.07. The number of sulfone groups is 1. The summed E-state index contributed by atoms with van der Waals surface area (Å²) in [6, 6.07) is 7.56. The largest absolute Gasteiger partial charge is 0.383 e. The van der Waals surface area contributed by atoms with Gasteiger partial charge in [-0.2, -0.15) is 4.39 Å². The monoisotopic (exact) mass is 372 g/mol. The fourth-order valence-corrected chi connectivity index (χ4v) is 3.16. The molecule has 0 saturated heterocycles. The smallest absolute Gasteiger partial charge is 0.222 e. The van der Waals surface area contributed by atoms with Crippen molar-refractivity contribution < 1.29 is 12.8 Å². The number of benzene rings is 1. The highest BCUT2D eigenvalue weighted by Crippen LogP contribution is 2.29. The molecular weight excluding hydrogens is 359 g/mol. The van der Waals surface area contributed by atoms with Gasteiger partial charge in [0.2, 0.25) is 5.95 Å². The van der Waals surface area contributed by atoms with Crippen LogP contribution in [0.3, 0.4) is 0 Å². The molecule has 1 heterocycles. The molecule has 0 radical (unpaired) electrons. The first-order chi connectivity index (χ1) is 9.73. The minimum absolute atomic E-state index is 0.0651. The Hall–Kier alpha value is -1.47. The summed E-state index contributed by atoms with van der Waals surface area (Å²) >= 11 is 3.19. The van der Waals surface area contributed by atoms with Gasteiger partial charge in [0.15, 0.2) is 9.84 Å². The zero-order chi connectivity index (χ0) is 15.8. The van der Waals surface area contributed by atoms with Gasteiger partial charge >= 0.3 is 0 Å². The normalized spacial score (nSPS) is 11.9. The highest BCUT2D eigenvalue weighted by atomic mass is 79.9. The maximum absolute atomic E-state index is 13.8. The molecule has 0 amide bonds. The molecule has 2 aromatic rings. The molecule has 4 nitrogen and oxygen atoms in total. The number of nitrogens with zero attached hydrogens (tertiary/aromatic N) is 1. The highest BCUT2D eigenvalue weighted by Gasteiger charge is 2.19. The standard InChI is InChI=1S/C14H14BrFN2O2S/c1-8(2)21(19,20)10-5-3-9(4-6-10)11-7-12(15)14(17)18-13(11)16/h3-8H,1-2H3,(H2,17,18). The number of nitrogens with two attached hydrogens (primary N) is 1. The van der Waals surface area contributed by atoms with Crippen LogP contribution in [-0.4, -0.2) is 18.7 Å². The van der Waals surface area contributed by atoms with E-state index in [0.29, 0.717) is 10.0 Å². The molecule has 7 heteroatoms. The van der Waals surface area contributed by atoms with Crippen molar-refractivity contribution in [2.24, 2.45) is 0 Å². The quantitative estimate of drug-likeness (QED) is 0.837. The molecule has 112 valence electrons. The van der Waals surface area contributed by atoms with Gasteiger partial charge in [-0.1, -0.05) is 12.1 Å². The first-order valence-electron chi connectivity index (χ1n) is 6.19. The van der Waals surface area contributed by atoms with Crippen LogP contribution in [0.1, 0.15) is 13.8 Å². The molecule has 2 N–H and O–H groups in total. The molecule has 0 fully saturated rings. The molecule has 2 rings (SSSR count). The van der Waals surface area contributed by atoms with Gasteiger partial charge in [-0.25, -0.2) is 13.4 Å². The first-order valence-corrected chi connectivity index (χ1v) is 8.53. The van der Waals surface area contributed by atoms with Crippen molar-refractivity contribution in [1.29, 1.82) is 0 Å². The third kappa shape index (κ3) is 3.08. The molecule has 0 aliphatic heterocycles. The summed E-state index contributed by atoms with van der Waals surface area (Å²) in [6.07, 6.45) is 0. The topological polar surface area (TPSA) is 73.0 Å². The average molecular weight is 373 g/mol. The van der Waals surface area contributed by atoms with E-state index in [4.69, 9.17) is 5.73 Å². The number of pyridine rings is 1. The van der Waals surface area contributed by atoms with Gasteiger partial charge in [0.25, 0.3) is 0 Å². The Morgan fingerprint density at radius 1 is 1.24 bits per heavy atom. The Bertz CT molecular complexity index is 774. The summed E-state index contributed by atoms with van der Waals surface area (Å²) in [7, 11) is -3.34. The number of rotatable bonds is 3. The van der Waals surface area contributed by atoms with E-state index in [1.165, 1.54) is 18.2 Å². The van der Waals surface area contributed by atoms with Crippen molar-refractivity contribution in [2.75, 3.05) is 5.73 Å². The predicted molar refractivity (Wildman–Crippen MR) is 84.1 cm³/mol. The van der Waals surface area contributed by atoms with E-state index >= 15 is 0 Å². The fourth-order valence-electron chi connectivity index (χ4n) is 1.78. The summed E-state index contributed by atoms with van der Waals surface area (Å²) in [5.74, 6) is -0.634. The van der Waals surface area contributed by atoms with Crippen LogP contribution in [-0.2, 0) is 9.84 Å². The molecule has 0 spiro atoms. The van der Waals surface area contributed by atoms with E-state index in [2.05, 4.69) is 20.9 Å². The molecule has 21 heavy (non-hydrogen) atoms. The Balaban J connectivity index is 2.48. The Kier molecular flexibility index (Phi) is 4.34. The van der Waals surface area contributed by atoms with E-state index in [9.17, 15) is 12.8 Å². The van der Waals surface area contributed by atoms with Crippen molar-refractivity contribution >= 4 is 31.6 Å². The van der Waals surface area contributed by atoms with Gasteiger partial charge in [0.05, 0.1) is 14.6 Å². The van der Waals surface area contributed by atoms with Gasteiger partial charge in [-0.3, -0.25) is 0 Å². The molecule has 0 bridgehead atoms. The lowest BCUT2D eigenvalue weighted by molar-refractivity contribution is 0.587. The Labute approximate surface area is 131 Å². The van der Waals surface area contributed by atoms with E-state index in [1.54, 1.807) is 26.0 Å². The molecule has 0 aliphatic carbocycles. The predicted octanol–water partition coefficient (Wildman–Crippen LogP) is 3.41. The second-order valence-electron chi connectivity index (χ2n) is 4.81. The number of halogens is 2. The second-order valence-corrected chi connectivity index (χ2v) is 8.17. The number of anilines is 1. The van der Waals surface area contributed by atoms with Gasteiger partial charge in [0, 0.05) is 5.56 Å². The highest BCUT2D eigenvalue weighted by molar-refractivity contribution is 9.10. The van der Waals surface area contributed by atoms with Crippen LogP contribution in [0.5, 0.6) is 0 Å². The van der Waals surface area contributed by atoms with Crippen LogP contribution in [0.25, 0.3) is 11.1 Å². The number of aromatic nitrogens is 1. The maximum Gasteiger partial charge on any atom is 0.222 e. The van der Waals surface area contributed by atoms with Crippen LogP contribution in [0.15, 0.2) is 39.7 Å². The van der Waals surface area contributed by atoms with Crippen LogP contribution in [0, 0.1) is 5.95 Å². The molecule has 0 aliphatic rings. The molecular formula is C14H14BrFN2O2S. The van der Waals surface area contributed by atoms with Crippen LogP contribution < -0.4 is 5.73 Å². The van der Waals surface area contributed by atoms with Crippen LogP contribution in [0.2, 0.25) is 0 Å². The van der Waals surface area contributed by atoms with Crippen molar-refractivity contribution in [2.45, 2.75) is 24.0 Å². The van der Waals surface area contributed by atoms with Crippen molar-refractivity contribution in [3.8, 4) is 11.1 Å². The lowest BCUT2D eigenvalue weighted by Gasteiger charge is -2.09. The Morgan fingerprint density at radius 2 is 1.81 bits per heavy atom. The zero-order valence-corrected chi connectivity index (χ0v) is 13.9. The SMILES string of the molecule is CC(C)S(=O)(=O)c1ccc(-c2cc(Br)c(N)nc2F)cc1. The van der Waals surface area contributed by atoms with Gasteiger partial charge in [-0.15, -0.1) is 0 Å². The molecule has 1 aromatic carbocycles. The fraction of sp³-hybridized carbons (Fsp3) is 0.214. The Morgan fingerprint density at radius 3 is 2.33 bits per heavy atom. The van der Waals surface area contributed by atoms with E-state index in [1.807, 2.05) is 0 Å². The van der Waals surface area contributed by atoms with Crippen molar-refractivity contribution in [3.63, 3.8) is 0 Å². The first kappa shape index (κ1) is 15.9. The summed E-state index contributed by atoms with van der Waals surface area (Å²) in [5.41, 5.74) is 6.29. The molecule has 0 atom stereocenters. The summed E-state index contributed by atoms with van der Waals surface area (Å²) in [4.78, 5) is 3.81. The van der Waals surface area contributed by atoms with Gasteiger partial charge in [0.1, 0.15) is 5.82 Å². The minimum Gasteiger partial charge on any atom is -0.383 e. The van der Waals surface area contributed by atoms with E-state index < -0.39 is 21.0 Å². The van der Waals surface area contributed by atoms with E-state index in [0.717, 1.165) is 0 Å². The van der Waals surface area contributed by atoms with Crippen LogP contribution >= 0.6 is 15.9 Å². The molecule has 0 unspecified atom stereocenters. The molecule has 0 saturated carbocycles. The van der Waals surface area contributed by atoms with Crippen molar-refractivity contribution in [3.05, 3.63) is 40.8 Å². The summed E-state index contributed by atoms with van der Waals surface area (Å²) < 4.78 is 38.4. The lowest BCUT2D eigenvalue weighted by atomic mass is 10.1. The molecule has 1 aromatic heterocycles. The average Bonchev–Trinajstić information content (AvgIpc) is 2.43. The summed E-state index contributed by atoms with van der Waals surface area (Å²) in [6.45, 7) is 3.23. The number of nitrogen functional groups attached to an aromatic ring is 1. The van der Waals surface area contributed by atoms with E-state index in [-0.39, 0.29) is 16.3 Å². The van der Waals surface area contributed by atoms with Gasteiger partial charge in [-0.05, 0) is 53.5 Å². The maximum atomic E-state index is 13.8. The third-order valence-corrected chi connectivity index (χ3v) is 5.88. The van der Waals surface area contributed by atoms with Crippen LogP contribution in [0.4, 0.5) is 10.2 Å². The number of hydrogen-bond acceptors (Lipinski definition) is 4. The van der Waals surface area contributed by atoms with Crippen molar-refractivity contribution in [1.82, 2.24) is 4.98 Å². The minimum atomic E-state index is -3.34. The number of hydrogen-bond donors (Lipinski definition) is 1. The summed E-state index contributed by atoms with van der Waals surface area (Å²) in [5, 5.41) is -0.507. The van der Waals surface area contributed by atoms with Gasteiger partial charge < -0.3 is 5.73 Å². The zero-order valence-electron chi connectivity index (χ0n) is 11.5. The second kappa shape index (κ2) is 5.73.